The second-order valence-electron chi connectivity index (χ2n) is 9.31. The molecule has 0 aromatic carbocycles. The van der Waals surface area contributed by atoms with Gasteiger partial charge in [0.2, 0.25) is 11.7 Å². The van der Waals surface area contributed by atoms with Crippen LogP contribution in [0.4, 0.5) is 4.79 Å². The molecule has 10 nitrogen and oxygen atoms in total. The van der Waals surface area contributed by atoms with Crippen LogP contribution in [-0.2, 0) is 9.53 Å². The van der Waals surface area contributed by atoms with E-state index in [-0.39, 0.29) is 59.1 Å². The van der Waals surface area contributed by atoms with Crippen LogP contribution in [0.5, 0.6) is 5.88 Å². The Morgan fingerprint density at radius 3 is 2.67 bits per heavy atom. The molecule has 10 heteroatoms. The molecular formula is C20H26N4O6. The molecule has 0 spiro atoms. The van der Waals surface area contributed by atoms with Crippen molar-refractivity contribution in [3.8, 4) is 5.88 Å². The van der Waals surface area contributed by atoms with E-state index in [0.717, 1.165) is 6.42 Å². The van der Waals surface area contributed by atoms with Crippen LogP contribution in [0.2, 0.25) is 0 Å². The minimum atomic E-state index is -0.357. The van der Waals surface area contributed by atoms with Gasteiger partial charge in [-0.1, -0.05) is 13.8 Å². The molecule has 0 bridgehead atoms. The number of rotatable bonds is 4. The fourth-order valence-electron chi connectivity index (χ4n) is 4.94. The van der Waals surface area contributed by atoms with Gasteiger partial charge in [0.05, 0.1) is 31.8 Å². The number of methoxy groups -OCH3 is 1. The van der Waals surface area contributed by atoms with Crippen molar-refractivity contribution < 1.29 is 28.4 Å². The molecule has 4 fully saturated rings. The molecule has 1 aromatic heterocycles. The van der Waals surface area contributed by atoms with Gasteiger partial charge in [-0.15, -0.1) is 0 Å². The van der Waals surface area contributed by atoms with Crippen molar-refractivity contribution in [1.29, 1.82) is 0 Å². The van der Waals surface area contributed by atoms with E-state index in [1.54, 1.807) is 9.80 Å². The molecule has 3 amide bonds. The number of amides is 3. The van der Waals surface area contributed by atoms with E-state index < -0.39 is 0 Å². The number of ether oxygens (including phenoxy) is 2. The molecule has 0 N–H and O–H groups in total. The lowest BCUT2D eigenvalue weighted by Crippen LogP contribution is -2.47. The lowest BCUT2D eigenvalue weighted by atomic mass is 10.1. The van der Waals surface area contributed by atoms with Crippen LogP contribution in [0.25, 0.3) is 0 Å². The lowest BCUT2D eigenvalue weighted by Gasteiger charge is -2.28. The minimum Gasteiger partial charge on any atom is -0.479 e. The summed E-state index contributed by atoms with van der Waals surface area (Å²) in [7, 11) is 1.45. The Morgan fingerprint density at radius 1 is 1.23 bits per heavy atom. The van der Waals surface area contributed by atoms with Crippen molar-refractivity contribution in [3.05, 3.63) is 11.8 Å². The third kappa shape index (κ3) is 3.00. The Bertz CT molecular complexity index is 898. The largest absolute Gasteiger partial charge is 0.479 e. The lowest BCUT2D eigenvalue weighted by molar-refractivity contribution is -0.132. The number of hydrogen-bond acceptors (Lipinski definition) is 7. The summed E-state index contributed by atoms with van der Waals surface area (Å²) in [6.45, 7) is 6.05. The first-order valence-corrected chi connectivity index (χ1v) is 10.4. The van der Waals surface area contributed by atoms with Crippen LogP contribution >= 0.6 is 0 Å². The highest BCUT2D eigenvalue weighted by atomic mass is 16.6. The molecule has 1 aromatic rings. The smallest absolute Gasteiger partial charge is 0.410 e. The van der Waals surface area contributed by atoms with Crippen LogP contribution in [0.1, 0.15) is 37.2 Å². The maximum absolute atomic E-state index is 12.8. The van der Waals surface area contributed by atoms with E-state index >= 15 is 0 Å². The fourth-order valence-corrected chi connectivity index (χ4v) is 4.94. The summed E-state index contributed by atoms with van der Waals surface area (Å²) in [6, 6.07) is 1.15. The van der Waals surface area contributed by atoms with Gasteiger partial charge in [-0.05, 0) is 23.4 Å². The van der Waals surface area contributed by atoms with Gasteiger partial charge in [-0.2, -0.15) is 0 Å². The molecule has 0 radical (unpaired) electrons. The second kappa shape index (κ2) is 6.61. The van der Waals surface area contributed by atoms with E-state index in [0.29, 0.717) is 32.6 Å². The van der Waals surface area contributed by atoms with Gasteiger partial charge in [-0.3, -0.25) is 14.5 Å². The Morgan fingerprint density at radius 2 is 2.00 bits per heavy atom. The molecular weight excluding hydrogens is 392 g/mol. The Hall–Kier alpha value is -2.78. The molecule has 4 heterocycles. The van der Waals surface area contributed by atoms with Crippen molar-refractivity contribution >= 4 is 17.9 Å². The zero-order chi connectivity index (χ0) is 21.2. The van der Waals surface area contributed by atoms with Crippen molar-refractivity contribution in [2.75, 3.05) is 33.3 Å². The van der Waals surface area contributed by atoms with Crippen molar-refractivity contribution in [1.82, 2.24) is 19.9 Å². The number of carbonyl (C=O) groups excluding carboxylic acids is 3. The topological polar surface area (TPSA) is 105 Å². The Kier molecular flexibility index (Phi) is 4.23. The number of fused-ring (bicyclic) bond motifs is 1. The summed E-state index contributed by atoms with van der Waals surface area (Å²) < 4.78 is 15.6. The van der Waals surface area contributed by atoms with Crippen LogP contribution in [0.3, 0.4) is 0 Å². The third-order valence-electron chi connectivity index (χ3n) is 6.93. The Labute approximate surface area is 174 Å². The summed E-state index contributed by atoms with van der Waals surface area (Å²) in [6.07, 6.45) is 0.905. The number of nitrogens with zero attached hydrogens (tertiary/aromatic N) is 4. The highest BCUT2D eigenvalue weighted by Gasteiger charge is 2.57. The van der Waals surface area contributed by atoms with E-state index in [1.165, 1.54) is 13.2 Å². The molecule has 2 unspecified atom stereocenters. The van der Waals surface area contributed by atoms with Gasteiger partial charge in [0.1, 0.15) is 6.10 Å². The SMILES string of the molecule is COc1cc(C(=O)N2CCC(N3C(=O)O[C@H]4CN(C(=O)C5CC5(C)C)C[C@H]43)C2)on1. The van der Waals surface area contributed by atoms with Crippen molar-refractivity contribution in [3.63, 3.8) is 0 Å². The highest BCUT2D eigenvalue weighted by molar-refractivity contribution is 5.92. The number of likely N-dealkylation sites (tertiary alicyclic amines) is 2. The third-order valence-corrected chi connectivity index (χ3v) is 6.93. The summed E-state index contributed by atoms with van der Waals surface area (Å²) in [5, 5.41) is 3.67. The van der Waals surface area contributed by atoms with Gasteiger partial charge in [0.25, 0.3) is 11.8 Å². The minimum absolute atomic E-state index is 0.0685. The monoisotopic (exact) mass is 418 g/mol. The summed E-state index contributed by atoms with van der Waals surface area (Å²) in [5.41, 5.74) is 0.0703. The van der Waals surface area contributed by atoms with Crippen LogP contribution in [-0.4, -0.2) is 89.2 Å². The van der Waals surface area contributed by atoms with E-state index in [1.807, 2.05) is 4.90 Å². The molecule has 3 aliphatic heterocycles. The first-order valence-electron chi connectivity index (χ1n) is 10.4. The first-order chi connectivity index (χ1) is 14.3. The normalized spacial score (nSPS) is 31.7. The molecule has 1 saturated carbocycles. The van der Waals surface area contributed by atoms with Crippen LogP contribution in [0, 0.1) is 11.3 Å². The molecule has 4 atom stereocenters. The fraction of sp³-hybridized carbons (Fsp3) is 0.700. The number of carbonyl (C=O) groups is 3. The summed E-state index contributed by atoms with van der Waals surface area (Å²) >= 11 is 0. The van der Waals surface area contributed by atoms with E-state index in [9.17, 15) is 14.4 Å². The van der Waals surface area contributed by atoms with Crippen LogP contribution < -0.4 is 4.74 Å². The molecule has 3 saturated heterocycles. The molecule has 1 aliphatic carbocycles. The van der Waals surface area contributed by atoms with Gasteiger partial charge >= 0.3 is 6.09 Å². The van der Waals surface area contributed by atoms with Crippen molar-refractivity contribution in [2.45, 2.75) is 44.9 Å². The van der Waals surface area contributed by atoms with Gasteiger partial charge in [-0.25, -0.2) is 4.79 Å². The van der Waals surface area contributed by atoms with Gasteiger partial charge in [0.15, 0.2) is 0 Å². The zero-order valence-corrected chi connectivity index (χ0v) is 17.4. The maximum Gasteiger partial charge on any atom is 0.410 e. The number of aromatic nitrogens is 1. The first kappa shape index (κ1) is 19.2. The molecule has 30 heavy (non-hydrogen) atoms. The summed E-state index contributed by atoms with van der Waals surface area (Å²) in [4.78, 5) is 43.2. The van der Waals surface area contributed by atoms with E-state index in [2.05, 4.69) is 19.0 Å². The predicted molar refractivity (Wildman–Crippen MR) is 102 cm³/mol. The average Bonchev–Trinajstić information content (AvgIpc) is 3.26. The van der Waals surface area contributed by atoms with Crippen LogP contribution in [0.15, 0.2) is 10.6 Å². The standard InChI is InChI=1S/C20H26N4O6/c1-20(2)7-12(20)17(25)23-9-13-15(10-23)29-19(27)24(13)11-4-5-22(8-11)18(26)14-6-16(28-3)21-30-14/h6,11-13,15H,4-5,7-10H2,1-3H3/t11?,12?,13-,15+/m1/s1. The highest BCUT2D eigenvalue weighted by Crippen LogP contribution is 2.53. The maximum atomic E-state index is 12.8. The molecule has 5 rings (SSSR count). The zero-order valence-electron chi connectivity index (χ0n) is 17.4. The molecule has 162 valence electrons. The second-order valence-corrected chi connectivity index (χ2v) is 9.31. The van der Waals surface area contributed by atoms with E-state index in [4.69, 9.17) is 14.0 Å². The number of hydrogen-bond donors (Lipinski definition) is 0. The van der Waals surface area contributed by atoms with Gasteiger partial charge < -0.3 is 23.8 Å². The van der Waals surface area contributed by atoms with Gasteiger partial charge in [0, 0.05) is 25.6 Å². The average molecular weight is 418 g/mol. The molecule has 4 aliphatic rings. The quantitative estimate of drug-likeness (QED) is 0.717. The van der Waals surface area contributed by atoms with Crippen molar-refractivity contribution in [2.24, 2.45) is 11.3 Å². The summed E-state index contributed by atoms with van der Waals surface area (Å²) in [5.74, 6) is 0.303. The predicted octanol–water partition coefficient (Wildman–Crippen LogP) is 0.975. The Balaban J connectivity index is 1.24.